The van der Waals surface area contributed by atoms with E-state index in [-0.39, 0.29) is 18.9 Å². The Kier molecular flexibility index (Phi) is 7.21. The van der Waals surface area contributed by atoms with Crippen molar-refractivity contribution in [2.75, 3.05) is 13.1 Å². The number of esters is 1. The van der Waals surface area contributed by atoms with Crippen LogP contribution in [0.5, 0.6) is 0 Å². The fourth-order valence-electron chi connectivity index (χ4n) is 2.81. The van der Waals surface area contributed by atoms with Crippen LogP contribution in [0.25, 0.3) is 0 Å². The summed E-state index contributed by atoms with van der Waals surface area (Å²) in [4.78, 5) is 38.7. The van der Waals surface area contributed by atoms with E-state index in [1.807, 2.05) is 30.3 Å². The third kappa shape index (κ3) is 7.29. The summed E-state index contributed by atoms with van der Waals surface area (Å²) < 4.78 is 10.5. The van der Waals surface area contributed by atoms with E-state index < -0.39 is 23.7 Å². The van der Waals surface area contributed by atoms with Gasteiger partial charge in [0.25, 0.3) is 0 Å². The molecule has 1 fully saturated rings. The molecule has 7 nitrogen and oxygen atoms in total. The minimum Gasteiger partial charge on any atom is -0.460 e. The van der Waals surface area contributed by atoms with Gasteiger partial charge in [0.1, 0.15) is 18.2 Å². The number of ether oxygens (including phenoxy) is 2. The van der Waals surface area contributed by atoms with E-state index >= 15 is 0 Å². The maximum atomic E-state index is 12.7. The standard InChI is InChI=1S/C20H28N2O5/c1-20(2,3)27-17(23)13-16(18(24)22-11-7-8-12-22)21-19(25)26-14-15-9-5-4-6-10-15/h4-6,9-10,16H,7-8,11-14H2,1-3H3,(H,21,25)/t16-/m0/s1. The van der Waals surface area contributed by atoms with Crippen LogP contribution in [0.2, 0.25) is 0 Å². The third-order valence-electron chi connectivity index (χ3n) is 4.01. The van der Waals surface area contributed by atoms with Crippen LogP contribution in [0.3, 0.4) is 0 Å². The van der Waals surface area contributed by atoms with E-state index in [0.29, 0.717) is 13.1 Å². The summed E-state index contributed by atoms with van der Waals surface area (Å²) in [5.41, 5.74) is 0.175. The first-order chi connectivity index (χ1) is 12.7. The zero-order valence-electron chi connectivity index (χ0n) is 16.2. The molecule has 0 bridgehead atoms. The first-order valence-electron chi connectivity index (χ1n) is 9.22. The van der Waals surface area contributed by atoms with Crippen molar-refractivity contribution in [2.24, 2.45) is 0 Å². The first-order valence-corrected chi connectivity index (χ1v) is 9.22. The molecule has 1 saturated heterocycles. The van der Waals surface area contributed by atoms with Gasteiger partial charge < -0.3 is 19.7 Å². The lowest BCUT2D eigenvalue weighted by Gasteiger charge is -2.25. The average Bonchev–Trinajstić information content (AvgIpc) is 3.12. The maximum absolute atomic E-state index is 12.7. The van der Waals surface area contributed by atoms with Gasteiger partial charge in [0.2, 0.25) is 5.91 Å². The summed E-state index contributed by atoms with van der Waals surface area (Å²) in [6.45, 7) is 6.61. The highest BCUT2D eigenvalue weighted by molar-refractivity contribution is 5.89. The highest BCUT2D eigenvalue weighted by atomic mass is 16.6. The van der Waals surface area contributed by atoms with Crippen molar-refractivity contribution in [3.8, 4) is 0 Å². The molecule has 1 aliphatic rings. The zero-order valence-corrected chi connectivity index (χ0v) is 16.2. The normalized spacial score (nSPS) is 15.1. The fourth-order valence-corrected chi connectivity index (χ4v) is 2.81. The summed E-state index contributed by atoms with van der Waals surface area (Å²) in [7, 11) is 0. The van der Waals surface area contributed by atoms with E-state index in [2.05, 4.69) is 5.32 Å². The molecule has 0 aliphatic carbocycles. The van der Waals surface area contributed by atoms with Gasteiger partial charge in [-0.15, -0.1) is 0 Å². The summed E-state index contributed by atoms with van der Waals surface area (Å²) in [6.07, 6.45) is 0.875. The number of rotatable bonds is 6. The van der Waals surface area contributed by atoms with Gasteiger partial charge in [-0.05, 0) is 39.2 Å². The highest BCUT2D eigenvalue weighted by Gasteiger charge is 2.31. The molecule has 1 aromatic rings. The molecule has 1 heterocycles. The van der Waals surface area contributed by atoms with Crippen LogP contribution in [0, 0.1) is 0 Å². The molecule has 1 N–H and O–H groups in total. The second kappa shape index (κ2) is 9.39. The van der Waals surface area contributed by atoms with Gasteiger partial charge in [0, 0.05) is 13.1 Å². The Morgan fingerprint density at radius 3 is 2.33 bits per heavy atom. The maximum Gasteiger partial charge on any atom is 0.408 e. The van der Waals surface area contributed by atoms with Gasteiger partial charge in [0.15, 0.2) is 0 Å². The number of amides is 2. The SMILES string of the molecule is CC(C)(C)OC(=O)C[C@H](NC(=O)OCc1ccccc1)C(=O)N1CCCC1. The fraction of sp³-hybridized carbons (Fsp3) is 0.550. The Labute approximate surface area is 160 Å². The Bertz CT molecular complexity index is 648. The first kappa shape index (κ1) is 20.7. The van der Waals surface area contributed by atoms with Crippen LogP contribution in [-0.4, -0.2) is 47.6 Å². The molecule has 1 atom stereocenters. The molecule has 0 aromatic heterocycles. The predicted molar refractivity (Wildman–Crippen MR) is 99.8 cm³/mol. The number of benzene rings is 1. The minimum absolute atomic E-state index is 0.0870. The summed E-state index contributed by atoms with van der Waals surface area (Å²) in [5.74, 6) is -0.821. The van der Waals surface area contributed by atoms with E-state index in [1.54, 1.807) is 25.7 Å². The Hall–Kier alpha value is -2.57. The molecule has 0 saturated carbocycles. The van der Waals surface area contributed by atoms with Crippen LogP contribution in [0.15, 0.2) is 30.3 Å². The largest absolute Gasteiger partial charge is 0.460 e. The van der Waals surface area contributed by atoms with Gasteiger partial charge in [0.05, 0.1) is 6.42 Å². The van der Waals surface area contributed by atoms with Gasteiger partial charge >= 0.3 is 12.1 Å². The monoisotopic (exact) mass is 376 g/mol. The quantitative estimate of drug-likeness (QED) is 0.772. The van der Waals surface area contributed by atoms with Gasteiger partial charge in [-0.25, -0.2) is 4.79 Å². The van der Waals surface area contributed by atoms with Crippen LogP contribution < -0.4 is 5.32 Å². The van der Waals surface area contributed by atoms with Gasteiger partial charge in [-0.2, -0.15) is 0 Å². The van der Waals surface area contributed by atoms with Crippen molar-refractivity contribution in [3.63, 3.8) is 0 Å². The summed E-state index contributed by atoms with van der Waals surface area (Å²) in [6, 6.07) is 8.23. The van der Waals surface area contributed by atoms with Crippen LogP contribution in [-0.2, 0) is 25.7 Å². The Morgan fingerprint density at radius 2 is 1.74 bits per heavy atom. The molecule has 148 valence electrons. The van der Waals surface area contributed by atoms with Crippen LogP contribution in [0.4, 0.5) is 4.79 Å². The van der Waals surface area contributed by atoms with E-state index in [1.165, 1.54) is 0 Å². The van der Waals surface area contributed by atoms with Crippen molar-refractivity contribution in [1.82, 2.24) is 10.2 Å². The molecule has 0 unspecified atom stereocenters. The molecular formula is C20H28N2O5. The number of nitrogens with zero attached hydrogens (tertiary/aromatic N) is 1. The number of carbonyl (C=O) groups is 3. The van der Waals surface area contributed by atoms with Crippen LogP contribution in [0.1, 0.15) is 45.6 Å². The zero-order chi connectivity index (χ0) is 19.9. The summed E-state index contributed by atoms with van der Waals surface area (Å²) >= 11 is 0. The molecule has 27 heavy (non-hydrogen) atoms. The van der Waals surface area contributed by atoms with Crippen molar-refractivity contribution < 1.29 is 23.9 Å². The van der Waals surface area contributed by atoms with Crippen LogP contribution >= 0.6 is 0 Å². The Balaban J connectivity index is 1.96. The average molecular weight is 376 g/mol. The number of nitrogens with one attached hydrogen (secondary N) is 1. The minimum atomic E-state index is -0.999. The number of hydrogen-bond acceptors (Lipinski definition) is 5. The number of likely N-dealkylation sites (tertiary alicyclic amines) is 1. The predicted octanol–water partition coefficient (Wildman–Crippen LogP) is 2.64. The van der Waals surface area contributed by atoms with E-state index in [0.717, 1.165) is 18.4 Å². The van der Waals surface area contributed by atoms with Gasteiger partial charge in [-0.3, -0.25) is 9.59 Å². The molecule has 0 radical (unpaired) electrons. The lowest BCUT2D eigenvalue weighted by Crippen LogP contribution is -2.49. The lowest BCUT2D eigenvalue weighted by molar-refractivity contribution is -0.157. The van der Waals surface area contributed by atoms with Crippen molar-refractivity contribution >= 4 is 18.0 Å². The smallest absolute Gasteiger partial charge is 0.408 e. The molecule has 2 rings (SSSR count). The summed E-state index contributed by atoms with van der Waals surface area (Å²) in [5, 5.41) is 2.53. The Morgan fingerprint density at radius 1 is 1.11 bits per heavy atom. The van der Waals surface area contributed by atoms with E-state index in [9.17, 15) is 14.4 Å². The van der Waals surface area contributed by atoms with Crippen molar-refractivity contribution in [3.05, 3.63) is 35.9 Å². The second-order valence-corrected chi connectivity index (χ2v) is 7.58. The molecule has 1 aromatic carbocycles. The molecule has 0 spiro atoms. The molecule has 1 aliphatic heterocycles. The molecule has 7 heteroatoms. The third-order valence-corrected chi connectivity index (χ3v) is 4.01. The van der Waals surface area contributed by atoms with Crippen molar-refractivity contribution in [2.45, 2.75) is 58.3 Å². The second-order valence-electron chi connectivity index (χ2n) is 7.58. The lowest BCUT2D eigenvalue weighted by atomic mass is 10.1. The van der Waals surface area contributed by atoms with Gasteiger partial charge in [-0.1, -0.05) is 30.3 Å². The number of carbonyl (C=O) groups excluding carboxylic acids is 3. The number of hydrogen-bond donors (Lipinski definition) is 1. The number of alkyl carbamates (subject to hydrolysis) is 1. The molecule has 2 amide bonds. The molecular weight excluding hydrogens is 348 g/mol. The highest BCUT2D eigenvalue weighted by Crippen LogP contribution is 2.14. The van der Waals surface area contributed by atoms with E-state index in [4.69, 9.17) is 9.47 Å². The van der Waals surface area contributed by atoms with Crippen molar-refractivity contribution in [1.29, 1.82) is 0 Å². The topological polar surface area (TPSA) is 84.9 Å².